The zero-order chi connectivity index (χ0) is 14.8. The van der Waals surface area contributed by atoms with Gasteiger partial charge in [0.05, 0.1) is 18.7 Å². The quantitative estimate of drug-likeness (QED) is 0.788. The summed E-state index contributed by atoms with van der Waals surface area (Å²) in [5, 5.41) is 22.1. The average Bonchev–Trinajstić information content (AvgIpc) is 3.23. The van der Waals surface area contributed by atoms with Crippen LogP contribution in [0.4, 0.5) is 0 Å². The molecule has 20 heavy (non-hydrogen) atoms. The number of rotatable bonds is 5. The van der Waals surface area contributed by atoms with Gasteiger partial charge in [0.2, 0.25) is 5.91 Å². The molecular formula is C15H25N3O2. The van der Waals surface area contributed by atoms with E-state index in [1.807, 2.05) is 11.9 Å². The molecule has 0 radical (unpaired) electrons. The van der Waals surface area contributed by atoms with Gasteiger partial charge in [0, 0.05) is 6.04 Å². The number of aliphatic hydroxyl groups is 1. The lowest BCUT2D eigenvalue weighted by Gasteiger charge is -2.35. The number of carbonyl (C=O) groups is 1. The van der Waals surface area contributed by atoms with E-state index in [1.165, 1.54) is 0 Å². The average molecular weight is 279 g/mol. The molecule has 0 bridgehead atoms. The van der Waals surface area contributed by atoms with Crippen LogP contribution in [-0.2, 0) is 4.79 Å². The van der Waals surface area contributed by atoms with Gasteiger partial charge in [0.25, 0.3) is 0 Å². The van der Waals surface area contributed by atoms with E-state index in [0.717, 1.165) is 38.5 Å². The molecule has 112 valence electrons. The van der Waals surface area contributed by atoms with Gasteiger partial charge in [-0.2, -0.15) is 5.26 Å². The van der Waals surface area contributed by atoms with Crippen LogP contribution >= 0.6 is 0 Å². The minimum atomic E-state index is -0.733. The minimum absolute atomic E-state index is 0.0590. The highest BCUT2D eigenvalue weighted by Crippen LogP contribution is 2.39. The summed E-state index contributed by atoms with van der Waals surface area (Å²) in [6, 6.07) is 2.29. The Hall–Kier alpha value is -1.12. The van der Waals surface area contributed by atoms with Crippen molar-refractivity contribution in [3.8, 4) is 6.07 Å². The van der Waals surface area contributed by atoms with E-state index in [4.69, 9.17) is 0 Å². The third-order valence-corrected chi connectivity index (χ3v) is 4.68. The number of hydrogen-bond donors (Lipinski definition) is 2. The first-order valence-corrected chi connectivity index (χ1v) is 7.57. The summed E-state index contributed by atoms with van der Waals surface area (Å²) in [4.78, 5) is 14.0. The maximum absolute atomic E-state index is 12.1. The van der Waals surface area contributed by atoms with Crippen molar-refractivity contribution in [2.75, 3.05) is 13.6 Å². The predicted molar refractivity (Wildman–Crippen MR) is 75.8 cm³/mol. The standard InChI is InChI=1S/C15H25N3O2/c1-15(10-16,11-7-8-11)17-14(20)9-18(2)12-5-3-4-6-13(12)19/h11-13,19H,3-9H2,1-2H3,(H,17,20). The number of aliphatic hydroxyl groups excluding tert-OH is 1. The van der Waals surface area contributed by atoms with Crippen LogP contribution in [0.5, 0.6) is 0 Å². The molecule has 2 rings (SSSR count). The number of carbonyl (C=O) groups excluding carboxylic acids is 1. The molecule has 0 aliphatic heterocycles. The maximum atomic E-state index is 12.1. The number of nitriles is 1. The Morgan fingerprint density at radius 2 is 2.05 bits per heavy atom. The third kappa shape index (κ3) is 3.50. The molecule has 2 aliphatic rings. The normalized spacial score (nSPS) is 29.6. The van der Waals surface area contributed by atoms with Crippen LogP contribution < -0.4 is 5.32 Å². The molecule has 0 saturated heterocycles. The molecule has 2 aliphatic carbocycles. The molecule has 5 heteroatoms. The molecule has 0 heterocycles. The summed E-state index contributed by atoms with van der Waals surface area (Å²) in [6.45, 7) is 2.05. The van der Waals surface area contributed by atoms with Crippen LogP contribution in [0.3, 0.4) is 0 Å². The van der Waals surface area contributed by atoms with Crippen molar-refractivity contribution in [2.24, 2.45) is 5.92 Å². The highest BCUT2D eigenvalue weighted by Gasteiger charge is 2.43. The second-order valence-corrected chi connectivity index (χ2v) is 6.47. The van der Waals surface area contributed by atoms with Crippen LogP contribution in [0, 0.1) is 17.2 Å². The molecule has 3 atom stereocenters. The van der Waals surface area contributed by atoms with Gasteiger partial charge in [-0.25, -0.2) is 0 Å². The number of hydrogen-bond acceptors (Lipinski definition) is 4. The van der Waals surface area contributed by atoms with E-state index in [1.54, 1.807) is 6.92 Å². The first kappa shape index (κ1) is 15.3. The van der Waals surface area contributed by atoms with Crippen molar-refractivity contribution >= 4 is 5.91 Å². The monoisotopic (exact) mass is 279 g/mol. The molecule has 0 spiro atoms. The van der Waals surface area contributed by atoms with E-state index in [2.05, 4.69) is 11.4 Å². The topological polar surface area (TPSA) is 76.4 Å². The zero-order valence-electron chi connectivity index (χ0n) is 12.4. The fourth-order valence-corrected chi connectivity index (χ4v) is 3.16. The second kappa shape index (κ2) is 6.11. The van der Waals surface area contributed by atoms with Crippen molar-refractivity contribution in [3.05, 3.63) is 0 Å². The molecule has 0 aromatic rings. The summed E-state index contributed by atoms with van der Waals surface area (Å²) in [6.07, 6.45) is 5.60. The van der Waals surface area contributed by atoms with E-state index in [-0.39, 0.29) is 24.6 Å². The smallest absolute Gasteiger partial charge is 0.235 e. The summed E-state index contributed by atoms with van der Waals surface area (Å²) >= 11 is 0. The fraction of sp³-hybridized carbons (Fsp3) is 0.867. The van der Waals surface area contributed by atoms with E-state index in [9.17, 15) is 15.2 Å². The van der Waals surface area contributed by atoms with Gasteiger partial charge in [-0.05, 0) is 45.6 Å². The fourth-order valence-electron chi connectivity index (χ4n) is 3.16. The highest BCUT2D eigenvalue weighted by atomic mass is 16.3. The zero-order valence-corrected chi connectivity index (χ0v) is 12.4. The van der Waals surface area contributed by atoms with Gasteiger partial charge in [-0.1, -0.05) is 12.8 Å². The summed E-state index contributed by atoms with van der Waals surface area (Å²) in [5.41, 5.74) is -0.733. The van der Waals surface area contributed by atoms with Gasteiger partial charge in [-0.15, -0.1) is 0 Å². The molecule has 2 fully saturated rings. The lowest BCUT2D eigenvalue weighted by Crippen LogP contribution is -2.52. The van der Waals surface area contributed by atoms with Crippen LogP contribution in [0.25, 0.3) is 0 Å². The Morgan fingerprint density at radius 3 is 2.60 bits per heavy atom. The largest absolute Gasteiger partial charge is 0.391 e. The van der Waals surface area contributed by atoms with Crippen molar-refractivity contribution < 1.29 is 9.90 Å². The Bertz CT molecular complexity index is 402. The lowest BCUT2D eigenvalue weighted by atomic mass is 9.91. The van der Waals surface area contributed by atoms with Gasteiger partial charge >= 0.3 is 0 Å². The molecule has 3 unspecified atom stereocenters. The predicted octanol–water partition coefficient (Wildman–Crippen LogP) is 1.03. The Balaban J connectivity index is 1.86. The van der Waals surface area contributed by atoms with Crippen LogP contribution in [0.15, 0.2) is 0 Å². The SMILES string of the molecule is CN(CC(=O)NC(C)(C#N)C1CC1)C1CCCCC1O. The molecule has 1 amide bonds. The molecule has 2 N–H and O–H groups in total. The van der Waals surface area contributed by atoms with Crippen molar-refractivity contribution in [1.82, 2.24) is 10.2 Å². The second-order valence-electron chi connectivity index (χ2n) is 6.47. The molecular weight excluding hydrogens is 254 g/mol. The number of nitrogens with one attached hydrogen (secondary N) is 1. The van der Waals surface area contributed by atoms with E-state index in [0.29, 0.717) is 5.92 Å². The van der Waals surface area contributed by atoms with Gasteiger partial charge < -0.3 is 10.4 Å². The molecule has 5 nitrogen and oxygen atoms in total. The molecule has 2 saturated carbocycles. The Labute approximate surface area is 120 Å². The summed E-state index contributed by atoms with van der Waals surface area (Å²) in [5.74, 6) is 0.170. The molecule has 0 aromatic carbocycles. The minimum Gasteiger partial charge on any atom is -0.391 e. The van der Waals surface area contributed by atoms with Crippen LogP contribution in [0.2, 0.25) is 0 Å². The third-order valence-electron chi connectivity index (χ3n) is 4.68. The van der Waals surface area contributed by atoms with Crippen LogP contribution in [-0.4, -0.2) is 47.2 Å². The van der Waals surface area contributed by atoms with Crippen molar-refractivity contribution in [1.29, 1.82) is 5.26 Å². The van der Waals surface area contributed by atoms with Crippen molar-refractivity contribution in [3.63, 3.8) is 0 Å². The first-order valence-electron chi connectivity index (χ1n) is 7.57. The number of likely N-dealkylation sites (N-methyl/N-ethyl adjacent to an activating group) is 1. The van der Waals surface area contributed by atoms with Crippen LogP contribution in [0.1, 0.15) is 45.4 Å². The summed E-state index contributed by atoms with van der Waals surface area (Å²) < 4.78 is 0. The maximum Gasteiger partial charge on any atom is 0.235 e. The van der Waals surface area contributed by atoms with Gasteiger partial charge in [0.1, 0.15) is 5.54 Å². The number of nitrogens with zero attached hydrogens (tertiary/aromatic N) is 2. The summed E-state index contributed by atoms with van der Waals surface area (Å²) in [7, 11) is 1.87. The molecule has 0 aromatic heterocycles. The first-order chi connectivity index (χ1) is 9.46. The lowest BCUT2D eigenvalue weighted by molar-refractivity contribution is -0.124. The van der Waals surface area contributed by atoms with E-state index < -0.39 is 5.54 Å². The van der Waals surface area contributed by atoms with Gasteiger partial charge in [-0.3, -0.25) is 9.69 Å². The van der Waals surface area contributed by atoms with Crippen molar-refractivity contribution in [2.45, 2.75) is 63.1 Å². The number of amides is 1. The Morgan fingerprint density at radius 1 is 1.40 bits per heavy atom. The highest BCUT2D eigenvalue weighted by molar-refractivity contribution is 5.79. The van der Waals surface area contributed by atoms with E-state index >= 15 is 0 Å². The van der Waals surface area contributed by atoms with Gasteiger partial charge in [0.15, 0.2) is 0 Å². The Kier molecular flexibility index (Phi) is 4.66.